The highest BCUT2D eigenvalue weighted by molar-refractivity contribution is 7.91. The Kier molecular flexibility index (Phi) is 11.6. The van der Waals surface area contributed by atoms with Crippen LogP contribution in [0.4, 0.5) is 18.0 Å². The maximum atomic E-state index is 14.8. The number of amides is 4. The van der Waals surface area contributed by atoms with Gasteiger partial charge in [0.25, 0.3) is 5.91 Å². The Morgan fingerprint density at radius 2 is 1.80 bits per heavy atom. The summed E-state index contributed by atoms with van der Waals surface area (Å²) in [7, 11) is -4.09. The fourth-order valence-corrected chi connectivity index (χ4v) is 10.8. The number of fused-ring (bicyclic) bond motifs is 5. The molecule has 0 radical (unpaired) electrons. The summed E-state index contributed by atoms with van der Waals surface area (Å²) in [4.78, 5) is 64.3. The van der Waals surface area contributed by atoms with Crippen molar-refractivity contribution in [2.75, 3.05) is 32.8 Å². The Bertz CT molecular complexity index is 2230. The molecule has 61 heavy (non-hydrogen) atoms. The monoisotopic (exact) mass is 872 g/mol. The highest BCUT2D eigenvalue weighted by Gasteiger charge is 2.64. The Balaban J connectivity index is 1.12. The number of aromatic nitrogens is 1. The van der Waals surface area contributed by atoms with E-state index in [4.69, 9.17) is 9.47 Å². The first-order valence-corrected chi connectivity index (χ1v) is 23.1. The number of hydrogen-bond acceptors (Lipinski definition) is 10. The lowest BCUT2D eigenvalue weighted by molar-refractivity contribution is -0.144. The minimum atomic E-state index is -4.90. The van der Waals surface area contributed by atoms with Crippen LogP contribution in [0.3, 0.4) is 0 Å². The molecular weight excluding hydrogens is 818 g/mol. The molecule has 4 fully saturated rings. The molecule has 5 atom stereocenters. The predicted molar refractivity (Wildman–Crippen MR) is 218 cm³/mol. The first kappa shape index (κ1) is 43.2. The highest BCUT2D eigenvalue weighted by atomic mass is 32.2. The number of benzene rings is 1. The molecule has 1 spiro atoms. The van der Waals surface area contributed by atoms with Gasteiger partial charge in [-0.1, -0.05) is 43.0 Å². The number of nitrogens with one attached hydrogen (secondary N) is 3. The number of piperidine rings is 1. The standard InChI is InChI=1S/C43H55F3N6O8S/c1-27-13-14-31-30(23-27)29-15-16-41(60-34(29)35(47-31)43(44,45)46)25-33-36(53)49-42(38(55)50-61(57,58)40(2)17-18-40)24-28(42)11-7-4-3-5-8-12-32(37(54)52(33)26-41)48-39(56)59-22-21-51-19-9-6-10-20-51/h7,11,13-14,23,28,32-33H,3-6,8-10,12,15-22,24-26H2,1-2H3,(H,48,56)(H,49,53)(H,50,55)/b11-7-/t28-,32+,33+,41-,42-/m1/s1. The summed E-state index contributed by atoms with van der Waals surface area (Å²) in [5.74, 6) is -3.34. The molecule has 2 saturated heterocycles. The lowest BCUT2D eigenvalue weighted by Crippen LogP contribution is -2.58. The van der Waals surface area contributed by atoms with Crippen molar-refractivity contribution in [3.63, 3.8) is 0 Å². The molecule has 4 aliphatic heterocycles. The van der Waals surface area contributed by atoms with Crippen molar-refractivity contribution < 1.29 is 50.2 Å². The van der Waals surface area contributed by atoms with Gasteiger partial charge >= 0.3 is 12.3 Å². The van der Waals surface area contributed by atoms with Gasteiger partial charge in [0.1, 0.15) is 29.8 Å². The van der Waals surface area contributed by atoms with Crippen molar-refractivity contribution in [3.8, 4) is 5.75 Å². The summed E-state index contributed by atoms with van der Waals surface area (Å²) in [5.41, 5.74) is -3.05. The molecule has 18 heteroatoms. The normalized spacial score (nSPS) is 29.8. The van der Waals surface area contributed by atoms with Crippen LogP contribution in [-0.4, -0.2) is 108 Å². The third kappa shape index (κ3) is 8.80. The predicted octanol–water partition coefficient (Wildman–Crippen LogP) is 5.20. The van der Waals surface area contributed by atoms with E-state index in [1.54, 1.807) is 25.1 Å². The topological polar surface area (TPSA) is 176 Å². The largest absolute Gasteiger partial charge is 0.483 e. The lowest BCUT2D eigenvalue weighted by atomic mass is 9.86. The molecule has 6 aliphatic rings. The van der Waals surface area contributed by atoms with Gasteiger partial charge in [0.2, 0.25) is 21.8 Å². The number of halogens is 3. The second-order valence-electron chi connectivity index (χ2n) is 18.2. The van der Waals surface area contributed by atoms with E-state index < -0.39 is 85.3 Å². The van der Waals surface area contributed by atoms with Crippen molar-refractivity contribution in [2.45, 2.75) is 138 Å². The molecule has 4 amide bonds. The van der Waals surface area contributed by atoms with Crippen LogP contribution < -0.4 is 20.1 Å². The van der Waals surface area contributed by atoms with Crippen molar-refractivity contribution in [2.24, 2.45) is 5.92 Å². The van der Waals surface area contributed by atoms with E-state index in [2.05, 4.69) is 25.2 Å². The van der Waals surface area contributed by atoms with Crippen LogP contribution in [0, 0.1) is 12.8 Å². The van der Waals surface area contributed by atoms with E-state index in [0.717, 1.165) is 44.3 Å². The minimum Gasteiger partial charge on any atom is -0.483 e. The van der Waals surface area contributed by atoms with Crippen molar-refractivity contribution >= 4 is 44.7 Å². The van der Waals surface area contributed by atoms with E-state index in [1.165, 1.54) is 11.0 Å². The van der Waals surface area contributed by atoms with Gasteiger partial charge in [0.15, 0.2) is 11.4 Å². The summed E-state index contributed by atoms with van der Waals surface area (Å²) in [6.45, 7) is 5.52. The van der Waals surface area contributed by atoms with Gasteiger partial charge in [0.05, 0.1) is 16.8 Å². The summed E-state index contributed by atoms with van der Waals surface area (Å²) in [6, 6.07) is 2.46. The van der Waals surface area contributed by atoms with Crippen molar-refractivity contribution in [1.29, 1.82) is 0 Å². The number of sulfonamides is 1. The zero-order valence-corrected chi connectivity index (χ0v) is 35.5. The molecule has 5 heterocycles. The van der Waals surface area contributed by atoms with Gasteiger partial charge in [-0.25, -0.2) is 18.2 Å². The van der Waals surface area contributed by atoms with Crippen LogP contribution in [-0.2, 0) is 41.7 Å². The third-order valence-corrected chi connectivity index (χ3v) is 15.8. The Labute approximate surface area is 353 Å². The van der Waals surface area contributed by atoms with Gasteiger partial charge in [-0.2, -0.15) is 13.2 Å². The number of alkyl halides is 3. The molecule has 0 unspecified atom stereocenters. The fraction of sp³-hybridized carbons (Fsp3) is 0.651. The molecular formula is C43H55F3N6O8S. The number of aryl methyl sites for hydroxylation is 2. The van der Waals surface area contributed by atoms with Crippen molar-refractivity contribution in [1.82, 2.24) is 30.1 Å². The maximum Gasteiger partial charge on any atom is 0.437 e. The summed E-state index contributed by atoms with van der Waals surface area (Å²) < 4.78 is 83.9. The third-order valence-electron chi connectivity index (χ3n) is 13.6. The van der Waals surface area contributed by atoms with Crippen LogP contribution in [0.5, 0.6) is 5.75 Å². The van der Waals surface area contributed by atoms with E-state index in [1.807, 2.05) is 13.0 Å². The number of likely N-dealkylation sites (tertiary alicyclic amines) is 1. The number of allylic oxidation sites excluding steroid dienone is 1. The van der Waals surface area contributed by atoms with Gasteiger partial charge in [-0.05, 0) is 103 Å². The molecule has 14 nitrogen and oxygen atoms in total. The molecule has 8 rings (SSSR count). The first-order valence-electron chi connectivity index (χ1n) is 21.6. The van der Waals surface area contributed by atoms with Crippen LogP contribution in [0.15, 0.2) is 30.4 Å². The Morgan fingerprint density at radius 1 is 1.05 bits per heavy atom. The van der Waals surface area contributed by atoms with E-state index in [0.29, 0.717) is 49.6 Å². The number of carbonyl (C=O) groups excluding carboxylic acids is 4. The number of carbonyl (C=O) groups is 4. The molecule has 1 aromatic carbocycles. The number of alkyl carbamates (subject to hydrolysis) is 1. The average molecular weight is 873 g/mol. The van der Waals surface area contributed by atoms with E-state index in [-0.39, 0.29) is 50.8 Å². The fourth-order valence-electron chi connectivity index (χ4n) is 9.47. The van der Waals surface area contributed by atoms with Gasteiger partial charge in [0, 0.05) is 29.8 Å². The number of hydrogen-bond donors (Lipinski definition) is 3. The smallest absolute Gasteiger partial charge is 0.437 e. The molecule has 2 aromatic rings. The maximum absolute atomic E-state index is 14.8. The lowest BCUT2D eigenvalue weighted by Gasteiger charge is -2.37. The Morgan fingerprint density at radius 3 is 2.54 bits per heavy atom. The number of rotatable bonds is 7. The first-order chi connectivity index (χ1) is 28.9. The average Bonchev–Trinajstić information content (AvgIpc) is 4.10. The van der Waals surface area contributed by atoms with Gasteiger partial charge < -0.3 is 25.0 Å². The number of ether oxygens (including phenoxy) is 2. The molecule has 2 saturated carbocycles. The summed E-state index contributed by atoms with van der Waals surface area (Å²) >= 11 is 0. The molecule has 1 aromatic heterocycles. The van der Waals surface area contributed by atoms with Gasteiger partial charge in [-0.3, -0.25) is 24.0 Å². The second kappa shape index (κ2) is 16.3. The molecule has 332 valence electrons. The van der Waals surface area contributed by atoms with Crippen LogP contribution in [0.1, 0.15) is 107 Å². The zero-order chi connectivity index (χ0) is 43.4. The van der Waals surface area contributed by atoms with E-state index >= 15 is 0 Å². The quantitative estimate of drug-likeness (QED) is 0.314. The minimum absolute atomic E-state index is 0.101. The number of nitrogens with zero attached hydrogens (tertiary/aromatic N) is 3. The zero-order valence-electron chi connectivity index (χ0n) is 34.7. The van der Waals surface area contributed by atoms with Crippen LogP contribution in [0.25, 0.3) is 10.9 Å². The second-order valence-corrected chi connectivity index (χ2v) is 20.4. The van der Waals surface area contributed by atoms with E-state index in [9.17, 15) is 40.8 Å². The SMILES string of the molecule is Cc1ccc2nc(C(F)(F)F)c3c(c2c1)CC[C@]1(C[C@H]2C(=O)N[C@]4(C(=O)NS(=O)(=O)C5(C)CC5)C[C@H]4/C=C\CCCCC[C@H](NC(=O)OCCN4CCCCC4)C(=O)N2C1)O3. The molecule has 3 N–H and O–H groups in total. The van der Waals surface area contributed by atoms with Gasteiger partial charge in [-0.15, -0.1) is 0 Å². The molecule has 2 aliphatic carbocycles. The van der Waals surface area contributed by atoms with Crippen LogP contribution >= 0.6 is 0 Å². The summed E-state index contributed by atoms with van der Waals surface area (Å²) in [6.07, 6.45) is 4.90. The number of pyridine rings is 1. The van der Waals surface area contributed by atoms with Crippen LogP contribution in [0.2, 0.25) is 0 Å². The summed E-state index contributed by atoms with van der Waals surface area (Å²) in [5, 5.41) is 6.06. The van der Waals surface area contributed by atoms with Crippen molar-refractivity contribution in [3.05, 3.63) is 47.2 Å². The Hall–Kier alpha value is -4.45. The molecule has 0 bridgehead atoms. The highest BCUT2D eigenvalue weighted by Crippen LogP contribution is 2.50.